The van der Waals surface area contributed by atoms with Crippen LogP contribution in [-0.2, 0) is 0 Å². The van der Waals surface area contributed by atoms with E-state index in [1.807, 2.05) is 0 Å². The highest BCUT2D eigenvalue weighted by atomic mass is 28.3. The zero-order chi connectivity index (χ0) is 10.9. The van der Waals surface area contributed by atoms with E-state index < -0.39 is 8.07 Å². The largest absolute Gasteiger partial charge is 0.0776 e. The number of rotatable bonds is 2. The highest BCUT2D eigenvalue weighted by molar-refractivity contribution is 6.88. The minimum Gasteiger partial charge on any atom is -0.0656 e. The van der Waals surface area contributed by atoms with Crippen molar-refractivity contribution in [2.24, 2.45) is 0 Å². The molecule has 1 fully saturated rings. The van der Waals surface area contributed by atoms with Gasteiger partial charge in [-0.3, -0.25) is 0 Å². The van der Waals surface area contributed by atoms with Crippen LogP contribution in [0.5, 0.6) is 0 Å². The van der Waals surface area contributed by atoms with E-state index in [-0.39, 0.29) is 0 Å². The van der Waals surface area contributed by atoms with E-state index in [4.69, 9.17) is 0 Å². The lowest BCUT2D eigenvalue weighted by Gasteiger charge is -2.19. The van der Waals surface area contributed by atoms with Gasteiger partial charge < -0.3 is 0 Å². The number of benzene rings is 1. The fraction of sp³-hybridized carbons (Fsp3) is 0.571. The lowest BCUT2D eigenvalue weighted by atomic mass is 9.98. The van der Waals surface area contributed by atoms with E-state index in [1.165, 1.54) is 25.7 Å². The predicted molar refractivity (Wildman–Crippen MR) is 70.6 cm³/mol. The predicted octanol–water partition coefficient (Wildman–Crippen LogP) is 3.89. The van der Waals surface area contributed by atoms with Crippen molar-refractivity contribution in [1.29, 1.82) is 0 Å². The normalized spacial score (nSPS) is 18.3. The molecule has 0 unspecified atom stereocenters. The summed E-state index contributed by atoms with van der Waals surface area (Å²) in [6, 6.07) is 9.41. The van der Waals surface area contributed by atoms with Gasteiger partial charge in [0, 0.05) is 0 Å². The van der Waals surface area contributed by atoms with Gasteiger partial charge in [-0.05, 0) is 24.3 Å². The van der Waals surface area contributed by atoms with Crippen LogP contribution in [0.1, 0.15) is 37.2 Å². The van der Waals surface area contributed by atoms with Crippen molar-refractivity contribution < 1.29 is 0 Å². The number of hydrogen-bond donors (Lipinski definition) is 0. The first kappa shape index (κ1) is 10.9. The first-order valence-electron chi connectivity index (χ1n) is 6.18. The summed E-state index contributed by atoms with van der Waals surface area (Å²) in [4.78, 5) is 0. The van der Waals surface area contributed by atoms with Gasteiger partial charge >= 0.3 is 0 Å². The maximum absolute atomic E-state index is 2.49. The van der Waals surface area contributed by atoms with E-state index in [1.54, 1.807) is 10.8 Å². The quantitative estimate of drug-likeness (QED) is 0.661. The van der Waals surface area contributed by atoms with Crippen LogP contribution in [0.4, 0.5) is 0 Å². The lowest BCUT2D eigenvalue weighted by Crippen LogP contribution is -2.37. The summed E-state index contributed by atoms with van der Waals surface area (Å²) in [5.41, 5.74) is 1.60. The van der Waals surface area contributed by atoms with Gasteiger partial charge in [-0.15, -0.1) is 0 Å². The van der Waals surface area contributed by atoms with E-state index in [2.05, 4.69) is 43.9 Å². The molecule has 1 aromatic rings. The van der Waals surface area contributed by atoms with Gasteiger partial charge in [0.1, 0.15) is 0 Å². The van der Waals surface area contributed by atoms with Crippen molar-refractivity contribution in [1.82, 2.24) is 0 Å². The van der Waals surface area contributed by atoms with Gasteiger partial charge in [0.2, 0.25) is 0 Å². The third-order valence-electron chi connectivity index (χ3n) is 3.58. The van der Waals surface area contributed by atoms with Crippen LogP contribution in [0.3, 0.4) is 0 Å². The van der Waals surface area contributed by atoms with Crippen molar-refractivity contribution >= 4 is 13.3 Å². The lowest BCUT2D eigenvalue weighted by molar-refractivity contribution is 0.724. The third kappa shape index (κ3) is 2.51. The first-order chi connectivity index (χ1) is 7.07. The maximum atomic E-state index is 2.49. The second-order valence-corrected chi connectivity index (χ2v) is 10.9. The smallest absolute Gasteiger partial charge is 0.0656 e. The summed E-state index contributed by atoms with van der Waals surface area (Å²) < 4.78 is 0. The van der Waals surface area contributed by atoms with Gasteiger partial charge in [0.15, 0.2) is 0 Å². The van der Waals surface area contributed by atoms with Crippen LogP contribution in [0, 0.1) is 0 Å². The van der Waals surface area contributed by atoms with E-state index in [9.17, 15) is 0 Å². The van der Waals surface area contributed by atoms with Crippen molar-refractivity contribution in [3.8, 4) is 0 Å². The van der Waals surface area contributed by atoms with Crippen molar-refractivity contribution in [3.05, 3.63) is 29.8 Å². The maximum Gasteiger partial charge on any atom is 0.0776 e. The average molecular weight is 218 g/mol. The molecule has 1 heteroatoms. The Morgan fingerprint density at radius 2 is 1.73 bits per heavy atom. The molecule has 1 aliphatic rings. The molecule has 0 aromatic heterocycles. The third-order valence-corrected chi connectivity index (χ3v) is 5.62. The topological polar surface area (TPSA) is 0 Å². The molecule has 0 amide bonds. The van der Waals surface area contributed by atoms with Crippen LogP contribution in [-0.4, -0.2) is 8.07 Å². The van der Waals surface area contributed by atoms with Gasteiger partial charge in [0.25, 0.3) is 0 Å². The monoisotopic (exact) mass is 218 g/mol. The summed E-state index contributed by atoms with van der Waals surface area (Å²) in [6.45, 7) is 7.29. The van der Waals surface area contributed by atoms with Crippen molar-refractivity contribution in [2.75, 3.05) is 0 Å². The van der Waals surface area contributed by atoms with Crippen LogP contribution >= 0.6 is 0 Å². The Hall–Kier alpha value is -0.563. The molecule has 1 saturated carbocycles. The van der Waals surface area contributed by atoms with E-state index >= 15 is 0 Å². The first-order valence-corrected chi connectivity index (χ1v) is 9.68. The summed E-state index contributed by atoms with van der Waals surface area (Å²) in [6.07, 6.45) is 5.69. The Morgan fingerprint density at radius 1 is 1.07 bits per heavy atom. The fourth-order valence-electron chi connectivity index (χ4n) is 2.52. The van der Waals surface area contributed by atoms with Gasteiger partial charge in [-0.1, -0.05) is 61.9 Å². The summed E-state index contributed by atoms with van der Waals surface area (Å²) in [5, 5.41) is 1.62. The standard InChI is InChI=1S/C14H22Si/c1-15(2,3)14-10-6-9-13(11-14)12-7-4-5-8-12/h6,9-12H,4-5,7-8H2,1-3H3. The zero-order valence-corrected chi connectivity index (χ0v) is 11.2. The molecule has 0 radical (unpaired) electrons. The second kappa shape index (κ2) is 4.13. The molecule has 0 bridgehead atoms. The molecular weight excluding hydrogens is 196 g/mol. The van der Waals surface area contributed by atoms with Gasteiger partial charge in [-0.2, -0.15) is 0 Å². The molecule has 1 aliphatic carbocycles. The van der Waals surface area contributed by atoms with E-state index in [0.717, 1.165) is 5.92 Å². The van der Waals surface area contributed by atoms with Crippen LogP contribution in [0.2, 0.25) is 19.6 Å². The molecule has 0 spiro atoms. The molecule has 15 heavy (non-hydrogen) atoms. The SMILES string of the molecule is C[Si](C)(C)c1cccc(C2CCCC2)c1. The molecule has 0 heterocycles. The highest BCUT2D eigenvalue weighted by Crippen LogP contribution is 2.33. The Morgan fingerprint density at radius 3 is 2.33 bits per heavy atom. The average Bonchev–Trinajstić information content (AvgIpc) is 2.69. The molecule has 2 rings (SSSR count). The van der Waals surface area contributed by atoms with Crippen LogP contribution in [0.25, 0.3) is 0 Å². The summed E-state index contributed by atoms with van der Waals surface area (Å²) in [5.74, 6) is 0.862. The van der Waals surface area contributed by atoms with Gasteiger partial charge in [-0.25, -0.2) is 0 Å². The highest BCUT2D eigenvalue weighted by Gasteiger charge is 2.20. The van der Waals surface area contributed by atoms with Crippen molar-refractivity contribution in [2.45, 2.75) is 51.2 Å². The summed E-state index contributed by atoms with van der Waals surface area (Å²) >= 11 is 0. The fourth-order valence-corrected chi connectivity index (χ4v) is 3.71. The molecule has 0 nitrogen and oxygen atoms in total. The Balaban J connectivity index is 2.26. The minimum atomic E-state index is -1.12. The Labute approximate surface area is 94.7 Å². The number of hydrogen-bond acceptors (Lipinski definition) is 0. The molecular formula is C14H22Si. The Bertz CT molecular complexity index is 329. The molecule has 0 saturated heterocycles. The molecule has 82 valence electrons. The van der Waals surface area contributed by atoms with Crippen LogP contribution in [0.15, 0.2) is 24.3 Å². The van der Waals surface area contributed by atoms with E-state index in [0.29, 0.717) is 0 Å². The minimum absolute atomic E-state index is 0.862. The van der Waals surface area contributed by atoms with Crippen molar-refractivity contribution in [3.63, 3.8) is 0 Å². The summed E-state index contributed by atoms with van der Waals surface area (Å²) in [7, 11) is -1.12. The Kier molecular flexibility index (Phi) is 3.01. The molecule has 0 N–H and O–H groups in total. The van der Waals surface area contributed by atoms with Crippen LogP contribution < -0.4 is 5.19 Å². The van der Waals surface area contributed by atoms with Gasteiger partial charge in [0.05, 0.1) is 8.07 Å². The molecule has 1 aromatic carbocycles. The zero-order valence-electron chi connectivity index (χ0n) is 10.2. The second-order valence-electron chi connectivity index (χ2n) is 5.86. The molecule has 0 aliphatic heterocycles. The molecule has 0 atom stereocenters.